The summed E-state index contributed by atoms with van der Waals surface area (Å²) in [5.41, 5.74) is 0.0474. The number of ether oxygens (including phenoxy) is 1. The predicted octanol–water partition coefficient (Wildman–Crippen LogP) is 5.85. The van der Waals surface area contributed by atoms with Crippen molar-refractivity contribution in [2.24, 2.45) is 0 Å². The Labute approximate surface area is 215 Å². The number of hydrogen-bond donors (Lipinski definition) is 2. The van der Waals surface area contributed by atoms with Crippen LogP contribution in [0, 0.1) is 0 Å². The number of rotatable bonds is 5. The first-order valence-corrected chi connectivity index (χ1v) is 13.3. The number of anilines is 2. The monoisotopic (exact) mass is 554 g/mol. The molecule has 6 nitrogen and oxygen atoms in total. The van der Waals surface area contributed by atoms with E-state index >= 15 is 0 Å². The predicted molar refractivity (Wildman–Crippen MR) is 129 cm³/mol. The fourth-order valence-corrected chi connectivity index (χ4v) is 6.22. The van der Waals surface area contributed by atoms with E-state index in [0.29, 0.717) is 66.4 Å². The van der Waals surface area contributed by atoms with Gasteiger partial charge in [-0.1, -0.05) is 36.4 Å². The second-order valence-electron chi connectivity index (χ2n) is 9.22. The van der Waals surface area contributed by atoms with Crippen LogP contribution < -0.4 is 14.4 Å². The van der Waals surface area contributed by atoms with Crippen molar-refractivity contribution in [2.45, 2.75) is 54.4 Å². The summed E-state index contributed by atoms with van der Waals surface area (Å²) < 4.78 is 99.7. The zero-order valence-corrected chi connectivity index (χ0v) is 20.5. The Morgan fingerprint density at radius 1 is 0.842 bits per heavy atom. The minimum Gasteiger partial charge on any atom is -0.453 e. The number of para-hydroxylation sites is 4. The topological polar surface area (TPSA) is 78.9 Å². The smallest absolute Gasteiger partial charge is 0.453 e. The average Bonchev–Trinajstić information content (AvgIpc) is 2.88. The summed E-state index contributed by atoms with van der Waals surface area (Å²) in [4.78, 5) is 1.43. The molecule has 3 aromatic rings. The van der Waals surface area contributed by atoms with Crippen LogP contribution in [0.2, 0.25) is 0 Å². The second kappa shape index (κ2) is 9.51. The van der Waals surface area contributed by atoms with Gasteiger partial charge in [-0.05, 0) is 55.7 Å². The maximum absolute atomic E-state index is 13.6. The second-order valence-corrected chi connectivity index (χ2v) is 10.9. The molecule has 5 rings (SSSR count). The maximum atomic E-state index is 13.6. The molecule has 0 bridgehead atoms. The number of aliphatic hydroxyl groups is 1. The van der Waals surface area contributed by atoms with Crippen molar-refractivity contribution in [3.8, 4) is 11.5 Å². The highest BCUT2D eigenvalue weighted by Crippen LogP contribution is 2.49. The fourth-order valence-electron chi connectivity index (χ4n) is 4.93. The summed E-state index contributed by atoms with van der Waals surface area (Å²) in [5, 5.41) is 11.3. The van der Waals surface area contributed by atoms with Crippen LogP contribution in [0.3, 0.4) is 0 Å². The van der Waals surface area contributed by atoms with Gasteiger partial charge in [-0.15, -0.1) is 0 Å². The van der Waals surface area contributed by atoms with E-state index in [9.17, 15) is 35.5 Å². The molecule has 0 unspecified atom stereocenters. The van der Waals surface area contributed by atoms with Crippen LogP contribution >= 0.6 is 0 Å². The third kappa shape index (κ3) is 4.61. The van der Waals surface area contributed by atoms with Gasteiger partial charge < -0.3 is 14.7 Å². The molecular weight excluding hydrogens is 531 g/mol. The molecule has 1 fully saturated rings. The minimum absolute atomic E-state index is 0.300. The first-order valence-electron chi connectivity index (χ1n) is 11.8. The largest absolute Gasteiger partial charge is 0.458 e. The number of fused-ring (bicyclic) bond motifs is 2. The number of halogens is 5. The van der Waals surface area contributed by atoms with Crippen molar-refractivity contribution in [3.63, 3.8) is 0 Å². The lowest BCUT2D eigenvalue weighted by atomic mass is 9.86. The molecular formula is C26H23F5N2O4S. The molecule has 38 heavy (non-hydrogen) atoms. The lowest BCUT2D eigenvalue weighted by Gasteiger charge is -2.44. The molecule has 1 aliphatic heterocycles. The van der Waals surface area contributed by atoms with Gasteiger partial charge in [0.1, 0.15) is 0 Å². The van der Waals surface area contributed by atoms with Crippen LogP contribution in [-0.2, 0) is 15.9 Å². The first-order chi connectivity index (χ1) is 17.9. The number of sulfonamides is 1. The first kappa shape index (κ1) is 26.4. The molecule has 1 heterocycles. The van der Waals surface area contributed by atoms with Gasteiger partial charge >= 0.3 is 12.1 Å². The Bertz CT molecular complexity index is 1380. The molecule has 0 radical (unpaired) electrons. The zero-order chi connectivity index (χ0) is 27.3. The van der Waals surface area contributed by atoms with Crippen LogP contribution in [0.25, 0.3) is 0 Å². The Kier molecular flexibility index (Phi) is 6.60. The summed E-state index contributed by atoms with van der Waals surface area (Å²) in [6, 6.07) is 15.3. The molecule has 1 aliphatic carbocycles. The molecule has 0 amide bonds. The molecule has 2 N–H and O–H groups in total. The van der Waals surface area contributed by atoms with Crippen LogP contribution in [0.1, 0.15) is 24.8 Å². The maximum Gasteiger partial charge on any atom is 0.458 e. The summed E-state index contributed by atoms with van der Waals surface area (Å²) in [5.74, 6) is -3.96. The van der Waals surface area contributed by atoms with Crippen molar-refractivity contribution in [1.82, 2.24) is 4.72 Å². The van der Waals surface area contributed by atoms with Gasteiger partial charge in [0.25, 0.3) is 0 Å². The summed E-state index contributed by atoms with van der Waals surface area (Å²) in [6.07, 6.45) is -5.58. The van der Waals surface area contributed by atoms with Crippen molar-refractivity contribution < 1.29 is 40.2 Å². The molecule has 0 aromatic heterocycles. The minimum atomic E-state index is -5.82. The Morgan fingerprint density at radius 2 is 1.39 bits per heavy atom. The van der Waals surface area contributed by atoms with Crippen LogP contribution in [0.4, 0.5) is 33.3 Å². The van der Waals surface area contributed by atoms with Gasteiger partial charge in [0.05, 0.1) is 34.5 Å². The van der Waals surface area contributed by atoms with Gasteiger partial charge in [-0.2, -0.15) is 22.0 Å². The number of nitrogens with zero attached hydrogens (tertiary/aromatic N) is 1. The Morgan fingerprint density at radius 3 is 1.95 bits per heavy atom. The molecule has 0 spiro atoms. The number of aliphatic hydroxyl groups excluding tert-OH is 1. The van der Waals surface area contributed by atoms with E-state index in [1.54, 1.807) is 12.1 Å². The third-order valence-corrected chi connectivity index (χ3v) is 8.32. The SMILES string of the molecule is O=S(=O)(N[C@@H]1CCC[C@H](N2c3ccccc3Oc3ccccc32)[C@H]1O)c1ccc(C(F)(F)C(F)(F)F)cc1. The van der Waals surface area contributed by atoms with Crippen molar-refractivity contribution in [1.29, 1.82) is 0 Å². The molecule has 3 aromatic carbocycles. The van der Waals surface area contributed by atoms with E-state index in [1.807, 2.05) is 41.3 Å². The van der Waals surface area contributed by atoms with E-state index < -0.39 is 50.8 Å². The Balaban J connectivity index is 1.40. The lowest BCUT2D eigenvalue weighted by Crippen LogP contribution is -2.56. The summed E-state index contributed by atoms with van der Waals surface area (Å²) in [6.45, 7) is 0. The highest BCUT2D eigenvalue weighted by molar-refractivity contribution is 7.89. The molecule has 2 aliphatic rings. The van der Waals surface area contributed by atoms with Crippen molar-refractivity contribution in [3.05, 3.63) is 78.4 Å². The van der Waals surface area contributed by atoms with Gasteiger partial charge in [0.2, 0.25) is 10.0 Å². The van der Waals surface area contributed by atoms with E-state index in [1.165, 1.54) is 0 Å². The van der Waals surface area contributed by atoms with E-state index in [0.717, 1.165) is 0 Å². The molecule has 12 heteroatoms. The molecule has 0 saturated heterocycles. The highest BCUT2D eigenvalue weighted by Gasteiger charge is 2.58. The lowest BCUT2D eigenvalue weighted by molar-refractivity contribution is -0.289. The van der Waals surface area contributed by atoms with Gasteiger partial charge in [0.15, 0.2) is 11.5 Å². The quantitative estimate of drug-likeness (QED) is 0.387. The molecule has 3 atom stereocenters. The number of alkyl halides is 5. The van der Waals surface area contributed by atoms with Crippen LogP contribution in [0.5, 0.6) is 11.5 Å². The third-order valence-electron chi connectivity index (χ3n) is 6.81. The molecule has 1 saturated carbocycles. The number of nitrogens with one attached hydrogen (secondary N) is 1. The van der Waals surface area contributed by atoms with E-state index in [-0.39, 0.29) is 0 Å². The number of benzene rings is 3. The zero-order valence-electron chi connectivity index (χ0n) is 19.7. The summed E-state index contributed by atoms with van der Waals surface area (Å²) in [7, 11) is -4.35. The van der Waals surface area contributed by atoms with Crippen LogP contribution in [-0.4, -0.2) is 37.9 Å². The van der Waals surface area contributed by atoms with Gasteiger partial charge in [-0.3, -0.25) is 0 Å². The van der Waals surface area contributed by atoms with Gasteiger partial charge in [-0.25, -0.2) is 13.1 Å². The van der Waals surface area contributed by atoms with Crippen molar-refractivity contribution >= 4 is 21.4 Å². The number of hydrogen-bond acceptors (Lipinski definition) is 5. The molecule has 202 valence electrons. The fraction of sp³-hybridized carbons (Fsp3) is 0.308. The van der Waals surface area contributed by atoms with E-state index in [2.05, 4.69) is 4.72 Å². The van der Waals surface area contributed by atoms with Gasteiger partial charge in [0, 0.05) is 5.56 Å². The normalized spacial score (nSPS) is 21.8. The van der Waals surface area contributed by atoms with Crippen molar-refractivity contribution in [2.75, 3.05) is 4.90 Å². The average molecular weight is 555 g/mol. The van der Waals surface area contributed by atoms with Crippen LogP contribution in [0.15, 0.2) is 77.7 Å². The summed E-state index contributed by atoms with van der Waals surface area (Å²) >= 11 is 0. The highest BCUT2D eigenvalue weighted by atomic mass is 32.2. The standard InChI is InChI=1S/C26H23F5N2O4S/c27-25(28,26(29,30)31)16-12-14-17(15-13-16)38(35,36)32-18-6-5-9-21(24(18)34)33-19-7-1-3-10-22(19)37-23-11-4-2-8-20(23)33/h1-4,7-8,10-15,18,21,24,32,34H,5-6,9H2/t18-,21+,24+/m1/s1. The van der Waals surface area contributed by atoms with E-state index in [4.69, 9.17) is 4.74 Å². The Hall–Kier alpha value is -3.22.